The molecule has 0 aromatic heterocycles. The van der Waals surface area contributed by atoms with E-state index in [4.69, 9.17) is 7.85 Å². The summed E-state index contributed by atoms with van der Waals surface area (Å²) in [5, 5.41) is 3.44. The zero-order valence-electron chi connectivity index (χ0n) is 7.09. The van der Waals surface area contributed by atoms with Gasteiger partial charge in [0.05, 0.1) is 0 Å². The average molecular weight is 157 g/mol. The molecule has 1 aliphatic heterocycles. The molecule has 1 aromatic carbocycles. The van der Waals surface area contributed by atoms with Gasteiger partial charge in [0.25, 0.3) is 0 Å². The minimum atomic E-state index is 0.536. The molecule has 2 rings (SSSR count). The zero-order chi connectivity index (χ0) is 8.39. The van der Waals surface area contributed by atoms with Crippen molar-refractivity contribution in [2.24, 2.45) is 0 Å². The van der Waals surface area contributed by atoms with Gasteiger partial charge in [-0.2, -0.15) is 0 Å². The molecule has 1 nitrogen and oxygen atoms in total. The van der Waals surface area contributed by atoms with Crippen LogP contribution in [0, 0.1) is 0 Å². The van der Waals surface area contributed by atoms with Crippen molar-refractivity contribution in [3.05, 3.63) is 29.8 Å². The molecule has 0 bridgehead atoms. The molecule has 0 spiro atoms. The summed E-state index contributed by atoms with van der Waals surface area (Å²) in [5.41, 5.74) is 2.19. The van der Waals surface area contributed by atoms with Crippen LogP contribution in [-0.2, 0) is 0 Å². The Morgan fingerprint density at radius 1 is 1.42 bits per heavy atom. The van der Waals surface area contributed by atoms with Crippen LogP contribution >= 0.6 is 0 Å². The lowest BCUT2D eigenvalue weighted by atomic mass is 9.92. The Bertz CT molecular complexity index is 266. The van der Waals surface area contributed by atoms with Gasteiger partial charge in [-0.15, -0.1) is 0 Å². The van der Waals surface area contributed by atoms with E-state index >= 15 is 0 Å². The van der Waals surface area contributed by atoms with Gasteiger partial charge >= 0.3 is 0 Å². The minimum Gasteiger partial charge on any atom is -0.310 e. The van der Waals surface area contributed by atoms with E-state index in [0.29, 0.717) is 6.04 Å². The molecule has 12 heavy (non-hydrogen) atoms. The van der Waals surface area contributed by atoms with Gasteiger partial charge in [-0.3, -0.25) is 0 Å². The first-order chi connectivity index (χ1) is 5.86. The van der Waals surface area contributed by atoms with Crippen molar-refractivity contribution in [2.75, 3.05) is 6.54 Å². The van der Waals surface area contributed by atoms with Crippen molar-refractivity contribution in [1.82, 2.24) is 5.32 Å². The second-order valence-electron chi connectivity index (χ2n) is 3.32. The molecule has 1 saturated heterocycles. The summed E-state index contributed by atoms with van der Waals surface area (Å²) in [7, 11) is 5.70. The van der Waals surface area contributed by atoms with Crippen molar-refractivity contribution in [3.63, 3.8) is 0 Å². The highest BCUT2D eigenvalue weighted by molar-refractivity contribution is 6.32. The smallest absolute Gasteiger partial charge is 0.113 e. The molecule has 2 radical (unpaired) electrons. The molecule has 0 aliphatic carbocycles. The van der Waals surface area contributed by atoms with Crippen LogP contribution in [-0.4, -0.2) is 14.4 Å². The number of rotatable bonds is 1. The lowest BCUT2D eigenvalue weighted by Gasteiger charge is -2.10. The average Bonchev–Trinajstić information content (AvgIpc) is 2.56. The van der Waals surface area contributed by atoms with Gasteiger partial charge in [0.15, 0.2) is 0 Å². The largest absolute Gasteiger partial charge is 0.310 e. The summed E-state index contributed by atoms with van der Waals surface area (Å²) in [4.78, 5) is 0. The van der Waals surface area contributed by atoms with E-state index in [0.717, 1.165) is 12.0 Å². The van der Waals surface area contributed by atoms with Crippen molar-refractivity contribution in [2.45, 2.75) is 18.9 Å². The van der Waals surface area contributed by atoms with Crippen LogP contribution in [0.25, 0.3) is 0 Å². The predicted octanol–water partition coefficient (Wildman–Crippen LogP) is 0.905. The SMILES string of the molecule is [B]c1cccc(C2CCCN2)c1. The Kier molecular flexibility index (Phi) is 2.18. The third kappa shape index (κ3) is 1.53. The quantitative estimate of drug-likeness (QED) is 0.597. The fourth-order valence-electron chi connectivity index (χ4n) is 1.74. The van der Waals surface area contributed by atoms with Gasteiger partial charge in [-0.05, 0) is 24.9 Å². The van der Waals surface area contributed by atoms with Crippen LogP contribution in [0.15, 0.2) is 24.3 Å². The maximum absolute atomic E-state index is 5.70. The first kappa shape index (κ1) is 7.87. The van der Waals surface area contributed by atoms with Crippen LogP contribution in [0.3, 0.4) is 0 Å². The van der Waals surface area contributed by atoms with Crippen LogP contribution in [0.1, 0.15) is 24.4 Å². The summed E-state index contributed by atoms with van der Waals surface area (Å²) >= 11 is 0. The van der Waals surface area contributed by atoms with Crippen LogP contribution in [0.4, 0.5) is 0 Å². The molecule has 1 aliphatic rings. The van der Waals surface area contributed by atoms with E-state index in [2.05, 4.69) is 17.4 Å². The fourth-order valence-corrected chi connectivity index (χ4v) is 1.74. The summed E-state index contributed by atoms with van der Waals surface area (Å²) in [6.45, 7) is 1.14. The Morgan fingerprint density at radius 3 is 3.00 bits per heavy atom. The lowest BCUT2D eigenvalue weighted by molar-refractivity contribution is 0.648. The van der Waals surface area contributed by atoms with E-state index < -0.39 is 0 Å². The Morgan fingerprint density at radius 2 is 2.33 bits per heavy atom. The molecule has 1 fully saturated rings. The lowest BCUT2D eigenvalue weighted by Crippen LogP contribution is -2.14. The molecule has 1 heterocycles. The molecule has 1 aromatic rings. The van der Waals surface area contributed by atoms with Crippen LogP contribution in [0.2, 0.25) is 0 Å². The zero-order valence-corrected chi connectivity index (χ0v) is 7.09. The van der Waals surface area contributed by atoms with Gasteiger partial charge in [-0.25, -0.2) is 0 Å². The normalized spacial score (nSPS) is 22.8. The van der Waals surface area contributed by atoms with Crippen molar-refractivity contribution in [1.29, 1.82) is 0 Å². The van der Waals surface area contributed by atoms with E-state index in [1.54, 1.807) is 0 Å². The fraction of sp³-hybridized carbons (Fsp3) is 0.400. The Balaban J connectivity index is 2.21. The number of hydrogen-bond acceptors (Lipinski definition) is 1. The van der Waals surface area contributed by atoms with Crippen molar-refractivity contribution >= 4 is 13.3 Å². The Hall–Kier alpha value is -0.755. The van der Waals surface area contributed by atoms with E-state index in [9.17, 15) is 0 Å². The monoisotopic (exact) mass is 157 g/mol. The van der Waals surface area contributed by atoms with Gasteiger partial charge < -0.3 is 5.32 Å². The molecule has 2 heteroatoms. The van der Waals surface area contributed by atoms with E-state index in [1.165, 1.54) is 18.4 Å². The number of benzene rings is 1. The highest BCUT2D eigenvalue weighted by Gasteiger charge is 2.15. The Labute approximate surface area is 74.6 Å². The minimum absolute atomic E-state index is 0.536. The van der Waals surface area contributed by atoms with Gasteiger partial charge in [0, 0.05) is 6.04 Å². The maximum atomic E-state index is 5.70. The van der Waals surface area contributed by atoms with E-state index in [1.807, 2.05) is 12.1 Å². The summed E-state index contributed by atoms with van der Waals surface area (Å²) < 4.78 is 0. The third-order valence-corrected chi connectivity index (χ3v) is 2.37. The number of hydrogen-bond donors (Lipinski definition) is 1. The van der Waals surface area contributed by atoms with Crippen LogP contribution < -0.4 is 10.8 Å². The summed E-state index contributed by atoms with van der Waals surface area (Å²) in [6.07, 6.45) is 2.52. The standard InChI is InChI=1S/C10H12BN/c11-9-4-1-3-8(7-9)10-5-2-6-12-10/h1,3-4,7,10,12H,2,5-6H2. The molecule has 0 amide bonds. The van der Waals surface area contributed by atoms with Crippen LogP contribution in [0.5, 0.6) is 0 Å². The van der Waals surface area contributed by atoms with Gasteiger partial charge in [-0.1, -0.05) is 29.7 Å². The molecule has 0 saturated carbocycles. The molecular formula is C10H12BN. The summed E-state index contributed by atoms with van der Waals surface area (Å²) in [6, 6.07) is 8.68. The highest BCUT2D eigenvalue weighted by Crippen LogP contribution is 2.21. The van der Waals surface area contributed by atoms with Crippen molar-refractivity contribution < 1.29 is 0 Å². The second-order valence-corrected chi connectivity index (χ2v) is 3.32. The first-order valence-corrected chi connectivity index (χ1v) is 4.45. The maximum Gasteiger partial charge on any atom is 0.113 e. The number of nitrogens with one attached hydrogen (secondary N) is 1. The van der Waals surface area contributed by atoms with Crippen molar-refractivity contribution in [3.8, 4) is 0 Å². The predicted molar refractivity (Wildman–Crippen MR) is 51.8 cm³/mol. The van der Waals surface area contributed by atoms with Gasteiger partial charge in [0.2, 0.25) is 0 Å². The highest BCUT2D eigenvalue weighted by atomic mass is 14.9. The second kappa shape index (κ2) is 3.32. The van der Waals surface area contributed by atoms with Gasteiger partial charge in [0.1, 0.15) is 7.85 Å². The molecule has 60 valence electrons. The molecule has 1 atom stereocenters. The van der Waals surface area contributed by atoms with E-state index in [-0.39, 0.29) is 0 Å². The molecular weight excluding hydrogens is 145 g/mol. The molecule has 1 N–H and O–H groups in total. The summed E-state index contributed by atoms with van der Waals surface area (Å²) in [5.74, 6) is 0. The molecule has 1 unspecified atom stereocenters. The topological polar surface area (TPSA) is 12.0 Å². The third-order valence-electron chi connectivity index (χ3n) is 2.37. The first-order valence-electron chi connectivity index (χ1n) is 4.45.